The highest BCUT2D eigenvalue weighted by Gasteiger charge is 2.32. The molecule has 0 amide bonds. The number of ether oxygens (including phenoxy) is 1. The SMILES string of the molecule is CC1Cc2cncc(F)c2CN1c1nc(OC[C@@H]2CCCN2C)nc2c1CCN(c1cccc3cccc(Cl)c13)C2. The number of rotatable bonds is 5. The molecule has 5 heterocycles. The molecule has 0 spiro atoms. The molecule has 9 heteroatoms. The first kappa shape index (κ1) is 26.4. The summed E-state index contributed by atoms with van der Waals surface area (Å²) in [4.78, 5) is 21.0. The maximum Gasteiger partial charge on any atom is 0.318 e. The molecule has 4 aromatic rings. The van der Waals surface area contributed by atoms with Crippen molar-refractivity contribution in [1.82, 2.24) is 19.9 Å². The fourth-order valence-corrected chi connectivity index (χ4v) is 6.97. The lowest BCUT2D eigenvalue weighted by molar-refractivity contribution is 0.187. The molecular formula is C32H34ClFN6O. The summed E-state index contributed by atoms with van der Waals surface area (Å²) in [7, 11) is 2.14. The quantitative estimate of drug-likeness (QED) is 0.299. The number of hydrogen-bond acceptors (Lipinski definition) is 7. The monoisotopic (exact) mass is 572 g/mol. The van der Waals surface area contributed by atoms with E-state index in [1.807, 2.05) is 12.1 Å². The highest BCUT2D eigenvalue weighted by atomic mass is 35.5. The van der Waals surface area contributed by atoms with Gasteiger partial charge in [0.15, 0.2) is 0 Å². The van der Waals surface area contributed by atoms with Crippen LogP contribution < -0.4 is 14.5 Å². The Kier molecular flexibility index (Phi) is 6.91. The van der Waals surface area contributed by atoms with Crippen LogP contribution in [-0.2, 0) is 25.9 Å². The molecule has 2 aromatic carbocycles. The van der Waals surface area contributed by atoms with Crippen LogP contribution in [0.5, 0.6) is 6.01 Å². The van der Waals surface area contributed by atoms with Gasteiger partial charge in [-0.3, -0.25) is 4.98 Å². The van der Waals surface area contributed by atoms with E-state index in [0.717, 1.165) is 70.1 Å². The fraction of sp³-hybridized carbons (Fsp3) is 0.406. The number of pyridine rings is 1. The molecule has 212 valence electrons. The van der Waals surface area contributed by atoms with Gasteiger partial charge in [-0.05, 0) is 69.3 Å². The Labute approximate surface area is 244 Å². The summed E-state index contributed by atoms with van der Waals surface area (Å²) in [5.74, 6) is 0.594. The molecule has 0 bridgehead atoms. The molecule has 0 radical (unpaired) electrons. The van der Waals surface area contributed by atoms with E-state index in [-0.39, 0.29) is 11.9 Å². The number of anilines is 2. The van der Waals surface area contributed by atoms with Crippen LogP contribution in [0.15, 0.2) is 48.8 Å². The number of fused-ring (bicyclic) bond motifs is 3. The lowest BCUT2D eigenvalue weighted by atomic mass is 9.95. The Morgan fingerprint density at radius 3 is 2.73 bits per heavy atom. The zero-order valence-corrected chi connectivity index (χ0v) is 24.2. The predicted molar refractivity (Wildman–Crippen MR) is 160 cm³/mol. The highest BCUT2D eigenvalue weighted by Crippen LogP contribution is 2.38. The van der Waals surface area contributed by atoms with E-state index in [0.29, 0.717) is 43.7 Å². The van der Waals surface area contributed by atoms with Crippen molar-refractivity contribution >= 4 is 33.9 Å². The molecule has 0 saturated carbocycles. The lowest BCUT2D eigenvalue weighted by Crippen LogP contribution is -2.41. The molecule has 1 saturated heterocycles. The van der Waals surface area contributed by atoms with Crippen molar-refractivity contribution < 1.29 is 9.13 Å². The van der Waals surface area contributed by atoms with Gasteiger partial charge >= 0.3 is 6.01 Å². The summed E-state index contributed by atoms with van der Waals surface area (Å²) in [6.07, 6.45) is 6.87. The van der Waals surface area contributed by atoms with E-state index in [1.54, 1.807) is 6.20 Å². The van der Waals surface area contributed by atoms with Crippen molar-refractivity contribution in [2.75, 3.05) is 36.5 Å². The fourth-order valence-electron chi connectivity index (χ4n) is 6.69. The Morgan fingerprint density at radius 1 is 1.05 bits per heavy atom. The average molecular weight is 573 g/mol. The second-order valence-electron chi connectivity index (χ2n) is 11.6. The molecule has 1 unspecified atom stereocenters. The van der Waals surface area contributed by atoms with Crippen LogP contribution in [0.1, 0.15) is 42.1 Å². The molecule has 2 aromatic heterocycles. The van der Waals surface area contributed by atoms with E-state index in [9.17, 15) is 4.39 Å². The number of likely N-dealkylation sites (N-methyl/N-ethyl adjacent to an activating group) is 1. The summed E-state index contributed by atoms with van der Waals surface area (Å²) in [5.41, 5.74) is 4.83. The second-order valence-corrected chi connectivity index (χ2v) is 12.0. The Hall–Kier alpha value is -3.49. The van der Waals surface area contributed by atoms with Crippen molar-refractivity contribution in [3.05, 3.63) is 82.0 Å². The van der Waals surface area contributed by atoms with Crippen molar-refractivity contribution in [3.63, 3.8) is 0 Å². The highest BCUT2D eigenvalue weighted by molar-refractivity contribution is 6.36. The first-order chi connectivity index (χ1) is 20.0. The molecule has 2 atom stereocenters. The molecule has 1 fully saturated rings. The predicted octanol–water partition coefficient (Wildman–Crippen LogP) is 5.80. The van der Waals surface area contributed by atoms with Gasteiger partial charge < -0.3 is 19.4 Å². The second kappa shape index (κ2) is 10.7. The normalized spacial score (nSPS) is 20.8. The summed E-state index contributed by atoms with van der Waals surface area (Å²) in [6, 6.07) is 13.2. The van der Waals surface area contributed by atoms with Gasteiger partial charge in [-0.25, -0.2) is 4.39 Å². The Balaban J connectivity index is 1.27. The van der Waals surface area contributed by atoms with E-state index >= 15 is 0 Å². The van der Waals surface area contributed by atoms with Crippen LogP contribution in [-0.4, -0.2) is 58.7 Å². The van der Waals surface area contributed by atoms with Crippen molar-refractivity contribution in [3.8, 4) is 6.01 Å². The molecule has 7 nitrogen and oxygen atoms in total. The third kappa shape index (κ3) is 4.87. The average Bonchev–Trinajstić information content (AvgIpc) is 3.39. The molecule has 7 rings (SSSR count). The molecular weight excluding hydrogens is 539 g/mol. The van der Waals surface area contributed by atoms with Crippen LogP contribution >= 0.6 is 11.6 Å². The summed E-state index contributed by atoms with van der Waals surface area (Å²) in [5, 5.41) is 2.92. The van der Waals surface area contributed by atoms with Gasteiger partial charge in [0.1, 0.15) is 18.2 Å². The van der Waals surface area contributed by atoms with Gasteiger partial charge in [0.25, 0.3) is 0 Å². The largest absolute Gasteiger partial charge is 0.462 e. The van der Waals surface area contributed by atoms with E-state index in [1.165, 1.54) is 12.6 Å². The zero-order chi connectivity index (χ0) is 28.1. The lowest BCUT2D eigenvalue weighted by Gasteiger charge is -2.39. The topological polar surface area (TPSA) is 57.6 Å². The minimum atomic E-state index is -0.262. The first-order valence-electron chi connectivity index (χ1n) is 14.5. The van der Waals surface area contributed by atoms with Crippen molar-refractivity contribution in [2.24, 2.45) is 0 Å². The van der Waals surface area contributed by atoms with Crippen LogP contribution in [0.2, 0.25) is 5.02 Å². The third-order valence-electron chi connectivity index (χ3n) is 9.01. The number of nitrogens with zero attached hydrogens (tertiary/aromatic N) is 6. The summed E-state index contributed by atoms with van der Waals surface area (Å²) < 4.78 is 21.2. The Bertz CT molecular complexity index is 1610. The van der Waals surface area contributed by atoms with E-state index in [2.05, 4.69) is 57.9 Å². The van der Waals surface area contributed by atoms with E-state index in [4.69, 9.17) is 26.3 Å². The van der Waals surface area contributed by atoms with Crippen LogP contribution in [0, 0.1) is 5.82 Å². The maximum atomic E-state index is 14.9. The van der Waals surface area contributed by atoms with Gasteiger partial charge in [-0.15, -0.1) is 0 Å². The standard InChI is InChI=1S/C32H34ClFN6O/c1-20-14-22-15-35-16-27(34)25(22)17-40(20)31-24-11-13-39(29-10-4-7-21-6-3-9-26(33)30(21)29)18-28(24)36-32(37-31)41-19-23-8-5-12-38(23)2/h3-4,6-7,9-10,15-16,20,23H,5,8,11-14,17-19H2,1-2H3/t20?,23-/m0/s1. The van der Waals surface area contributed by atoms with Gasteiger partial charge in [-0.2, -0.15) is 9.97 Å². The molecule has 0 aliphatic carbocycles. The summed E-state index contributed by atoms with van der Waals surface area (Å²) in [6.45, 7) is 5.67. The smallest absolute Gasteiger partial charge is 0.318 e. The zero-order valence-electron chi connectivity index (χ0n) is 23.5. The minimum absolute atomic E-state index is 0.133. The van der Waals surface area contributed by atoms with E-state index < -0.39 is 0 Å². The molecule has 3 aliphatic heterocycles. The molecule has 0 N–H and O–H groups in total. The molecule has 41 heavy (non-hydrogen) atoms. The first-order valence-corrected chi connectivity index (χ1v) is 14.9. The number of halogens is 2. The van der Waals surface area contributed by atoms with Gasteiger partial charge in [0.05, 0.1) is 23.5 Å². The number of benzene rings is 2. The van der Waals surface area contributed by atoms with Crippen LogP contribution in [0.3, 0.4) is 0 Å². The number of likely N-dealkylation sites (tertiary alicyclic amines) is 1. The molecule has 3 aliphatic rings. The third-order valence-corrected chi connectivity index (χ3v) is 9.33. The Morgan fingerprint density at radius 2 is 1.90 bits per heavy atom. The van der Waals surface area contributed by atoms with Crippen molar-refractivity contribution in [2.45, 2.75) is 57.8 Å². The van der Waals surface area contributed by atoms with Crippen LogP contribution in [0.25, 0.3) is 10.8 Å². The van der Waals surface area contributed by atoms with Crippen molar-refractivity contribution in [1.29, 1.82) is 0 Å². The van der Waals surface area contributed by atoms with Gasteiger partial charge in [-0.1, -0.05) is 35.9 Å². The number of aromatic nitrogens is 3. The maximum absolute atomic E-state index is 14.9. The minimum Gasteiger partial charge on any atom is -0.462 e. The summed E-state index contributed by atoms with van der Waals surface area (Å²) >= 11 is 6.70. The van der Waals surface area contributed by atoms with Gasteiger partial charge in [0.2, 0.25) is 0 Å². The number of hydrogen-bond donors (Lipinski definition) is 0. The van der Waals surface area contributed by atoms with Crippen LogP contribution in [0.4, 0.5) is 15.9 Å². The van der Waals surface area contributed by atoms with Gasteiger partial charge in [0, 0.05) is 53.6 Å².